The molecule has 1 saturated heterocycles. The molecule has 0 bridgehead atoms. The fourth-order valence-corrected chi connectivity index (χ4v) is 5.73. The van der Waals surface area contributed by atoms with E-state index in [0.29, 0.717) is 28.9 Å². The number of amides is 2. The van der Waals surface area contributed by atoms with Gasteiger partial charge < -0.3 is 10.6 Å². The molecular formula is C24H29N3O4S. The van der Waals surface area contributed by atoms with Crippen LogP contribution in [-0.4, -0.2) is 43.2 Å². The van der Waals surface area contributed by atoms with Crippen molar-refractivity contribution in [2.24, 2.45) is 0 Å². The summed E-state index contributed by atoms with van der Waals surface area (Å²) in [5.41, 5.74) is 1.93. The van der Waals surface area contributed by atoms with Crippen LogP contribution in [0.15, 0.2) is 47.4 Å². The van der Waals surface area contributed by atoms with Gasteiger partial charge in [-0.2, -0.15) is 4.31 Å². The third-order valence-electron chi connectivity index (χ3n) is 6.10. The molecule has 2 N–H and O–H groups in total. The first kappa shape index (κ1) is 22.5. The second kappa shape index (κ2) is 9.03. The van der Waals surface area contributed by atoms with Crippen molar-refractivity contribution in [3.05, 3.63) is 59.2 Å². The fourth-order valence-electron chi connectivity index (χ4n) is 4.00. The number of anilines is 1. The maximum atomic E-state index is 13.2. The summed E-state index contributed by atoms with van der Waals surface area (Å²) in [6.45, 7) is 4.19. The number of benzene rings is 2. The van der Waals surface area contributed by atoms with Crippen LogP contribution < -0.4 is 10.6 Å². The van der Waals surface area contributed by atoms with Crippen molar-refractivity contribution in [1.29, 1.82) is 0 Å². The molecule has 0 radical (unpaired) electrons. The lowest BCUT2D eigenvalue weighted by Gasteiger charge is -2.32. The van der Waals surface area contributed by atoms with Crippen LogP contribution in [-0.2, 0) is 10.0 Å². The van der Waals surface area contributed by atoms with E-state index >= 15 is 0 Å². The zero-order chi connectivity index (χ0) is 22.9. The molecule has 8 heteroatoms. The molecule has 7 nitrogen and oxygen atoms in total. The molecule has 2 amide bonds. The summed E-state index contributed by atoms with van der Waals surface area (Å²) in [5, 5.41) is 5.73. The molecule has 2 fully saturated rings. The van der Waals surface area contributed by atoms with Crippen molar-refractivity contribution in [1.82, 2.24) is 9.62 Å². The van der Waals surface area contributed by atoms with E-state index in [1.165, 1.54) is 10.4 Å². The minimum atomic E-state index is -3.68. The summed E-state index contributed by atoms with van der Waals surface area (Å²) in [6, 6.07) is 11.6. The van der Waals surface area contributed by atoms with Crippen LogP contribution in [0, 0.1) is 6.92 Å². The first-order valence-electron chi connectivity index (χ1n) is 11.1. The van der Waals surface area contributed by atoms with Crippen molar-refractivity contribution >= 4 is 27.5 Å². The topological polar surface area (TPSA) is 95.6 Å². The quantitative estimate of drug-likeness (QED) is 0.694. The van der Waals surface area contributed by atoms with Gasteiger partial charge in [0.2, 0.25) is 10.0 Å². The van der Waals surface area contributed by atoms with Gasteiger partial charge in [-0.25, -0.2) is 8.42 Å². The average molecular weight is 456 g/mol. The molecule has 1 atom stereocenters. The normalized spacial score (nSPS) is 19.4. The Hall–Kier alpha value is -2.71. The Bertz CT molecular complexity index is 1140. The standard InChI is InChI=1S/C24H29N3O4S/c1-16-9-12-21(32(30,31)27-13-4-3-6-17(27)2)15-22(16)24(29)26-20-8-5-7-18(14-20)23(28)25-19-10-11-19/h5,7-9,12,14-15,17,19H,3-4,6,10-11,13H2,1-2H3,(H,25,28)(H,26,29). The summed E-state index contributed by atoms with van der Waals surface area (Å²) in [5.74, 6) is -0.575. The molecule has 1 aliphatic heterocycles. The number of rotatable bonds is 6. The summed E-state index contributed by atoms with van der Waals surface area (Å²) in [4.78, 5) is 25.4. The lowest BCUT2D eigenvalue weighted by molar-refractivity contribution is 0.0949. The molecule has 0 spiro atoms. The second-order valence-corrected chi connectivity index (χ2v) is 10.6. The molecular weight excluding hydrogens is 426 g/mol. The van der Waals surface area contributed by atoms with Crippen LogP contribution in [0.3, 0.4) is 0 Å². The average Bonchev–Trinajstić information content (AvgIpc) is 3.58. The number of aryl methyl sites for hydroxylation is 1. The van der Waals surface area contributed by atoms with Crippen molar-refractivity contribution in [3.8, 4) is 0 Å². The van der Waals surface area contributed by atoms with Crippen LogP contribution >= 0.6 is 0 Å². The number of carbonyl (C=O) groups is 2. The predicted molar refractivity (Wildman–Crippen MR) is 123 cm³/mol. The maximum Gasteiger partial charge on any atom is 0.255 e. The summed E-state index contributed by atoms with van der Waals surface area (Å²) in [6.07, 6.45) is 4.69. The number of hydrogen-bond donors (Lipinski definition) is 2. The number of nitrogens with zero attached hydrogens (tertiary/aromatic N) is 1. The highest BCUT2D eigenvalue weighted by atomic mass is 32.2. The SMILES string of the molecule is Cc1ccc(S(=O)(=O)N2CCCCC2C)cc1C(=O)Nc1cccc(C(=O)NC2CC2)c1. The predicted octanol–water partition coefficient (Wildman–Crippen LogP) is 3.70. The van der Waals surface area contributed by atoms with Crippen molar-refractivity contribution in [2.45, 2.75) is 62.9 Å². The monoisotopic (exact) mass is 455 g/mol. The molecule has 32 heavy (non-hydrogen) atoms. The summed E-state index contributed by atoms with van der Waals surface area (Å²) in [7, 11) is -3.68. The van der Waals surface area contributed by atoms with Crippen LogP contribution in [0.4, 0.5) is 5.69 Å². The van der Waals surface area contributed by atoms with Gasteiger partial charge in [-0.3, -0.25) is 9.59 Å². The van der Waals surface area contributed by atoms with Gasteiger partial charge in [-0.05, 0) is 75.4 Å². The van der Waals surface area contributed by atoms with Crippen molar-refractivity contribution < 1.29 is 18.0 Å². The Morgan fingerprint density at radius 2 is 1.78 bits per heavy atom. The van der Waals surface area contributed by atoms with E-state index in [1.54, 1.807) is 43.3 Å². The molecule has 2 aliphatic rings. The Morgan fingerprint density at radius 1 is 1.00 bits per heavy atom. The van der Waals surface area contributed by atoms with Gasteiger partial charge in [0.25, 0.3) is 11.8 Å². The molecule has 170 valence electrons. The van der Waals surface area contributed by atoms with Gasteiger partial charge in [0, 0.05) is 35.4 Å². The molecule has 2 aromatic rings. The number of piperidine rings is 1. The molecule has 1 saturated carbocycles. The van der Waals surface area contributed by atoms with E-state index in [9.17, 15) is 18.0 Å². The Balaban J connectivity index is 1.55. The van der Waals surface area contributed by atoms with E-state index in [1.807, 2.05) is 6.92 Å². The highest BCUT2D eigenvalue weighted by Crippen LogP contribution is 2.27. The molecule has 1 unspecified atom stereocenters. The van der Waals surface area contributed by atoms with Crippen molar-refractivity contribution in [3.63, 3.8) is 0 Å². The molecule has 4 rings (SSSR count). The molecule has 2 aromatic carbocycles. The Morgan fingerprint density at radius 3 is 2.50 bits per heavy atom. The number of hydrogen-bond acceptors (Lipinski definition) is 4. The Labute approximate surface area is 189 Å². The van der Waals surface area contributed by atoms with Gasteiger partial charge >= 0.3 is 0 Å². The zero-order valence-corrected chi connectivity index (χ0v) is 19.2. The fraction of sp³-hybridized carbons (Fsp3) is 0.417. The first-order valence-corrected chi connectivity index (χ1v) is 12.5. The van der Waals surface area contributed by atoms with Gasteiger partial charge in [0.05, 0.1) is 4.90 Å². The highest BCUT2D eigenvalue weighted by molar-refractivity contribution is 7.89. The number of nitrogens with one attached hydrogen (secondary N) is 2. The first-order chi connectivity index (χ1) is 15.3. The van der Waals surface area contributed by atoms with Gasteiger partial charge in [-0.15, -0.1) is 0 Å². The maximum absolute atomic E-state index is 13.2. The summed E-state index contributed by atoms with van der Waals surface area (Å²) < 4.78 is 27.9. The smallest absolute Gasteiger partial charge is 0.255 e. The Kier molecular flexibility index (Phi) is 6.35. The molecule has 1 heterocycles. The number of carbonyl (C=O) groups excluding carboxylic acids is 2. The minimum absolute atomic E-state index is 0.0585. The second-order valence-electron chi connectivity index (χ2n) is 8.72. The molecule has 0 aromatic heterocycles. The van der Waals surface area contributed by atoms with E-state index in [-0.39, 0.29) is 22.9 Å². The van der Waals surface area contributed by atoms with Gasteiger partial charge in [-0.1, -0.05) is 18.6 Å². The van der Waals surface area contributed by atoms with Crippen LogP contribution in [0.5, 0.6) is 0 Å². The highest BCUT2D eigenvalue weighted by Gasteiger charge is 2.31. The van der Waals surface area contributed by atoms with Gasteiger partial charge in [0.1, 0.15) is 0 Å². The zero-order valence-electron chi connectivity index (χ0n) is 18.4. The van der Waals surface area contributed by atoms with Crippen LogP contribution in [0.25, 0.3) is 0 Å². The van der Waals surface area contributed by atoms with Crippen molar-refractivity contribution in [2.75, 3.05) is 11.9 Å². The minimum Gasteiger partial charge on any atom is -0.349 e. The van der Waals surface area contributed by atoms with E-state index in [4.69, 9.17) is 0 Å². The van der Waals surface area contributed by atoms with E-state index < -0.39 is 15.9 Å². The van der Waals surface area contributed by atoms with Crippen LogP contribution in [0.2, 0.25) is 0 Å². The molecule has 1 aliphatic carbocycles. The van der Waals surface area contributed by atoms with Gasteiger partial charge in [0.15, 0.2) is 0 Å². The lowest BCUT2D eigenvalue weighted by atomic mass is 10.1. The largest absolute Gasteiger partial charge is 0.349 e. The van der Waals surface area contributed by atoms with E-state index in [2.05, 4.69) is 10.6 Å². The summed E-state index contributed by atoms with van der Waals surface area (Å²) >= 11 is 0. The lowest BCUT2D eigenvalue weighted by Crippen LogP contribution is -2.42. The number of sulfonamides is 1. The van der Waals surface area contributed by atoms with Crippen LogP contribution in [0.1, 0.15) is 65.3 Å². The third-order valence-corrected chi connectivity index (χ3v) is 8.11. The third kappa shape index (κ3) is 4.86. The van der Waals surface area contributed by atoms with E-state index in [0.717, 1.165) is 32.1 Å².